The summed E-state index contributed by atoms with van der Waals surface area (Å²) >= 11 is 0. The molecule has 92 valence electrons. The fourth-order valence-electron chi connectivity index (χ4n) is 2.11. The Hall–Kier alpha value is -1.30. The zero-order valence-corrected chi connectivity index (χ0v) is 11.6. The van der Waals surface area contributed by atoms with Crippen LogP contribution in [0.2, 0.25) is 0 Å². The Bertz CT molecular complexity index is 410. The average Bonchev–Trinajstić information content (AvgIpc) is 2.35. The van der Waals surface area contributed by atoms with Crippen molar-refractivity contribution in [3.05, 3.63) is 48.0 Å². The minimum Gasteiger partial charge on any atom is -0.0984 e. The van der Waals surface area contributed by atoms with Gasteiger partial charge in [0.1, 0.15) is 0 Å². The van der Waals surface area contributed by atoms with Crippen LogP contribution >= 0.6 is 0 Å². The number of hydrogen-bond acceptors (Lipinski definition) is 0. The van der Waals surface area contributed by atoms with Crippen LogP contribution in [0.15, 0.2) is 31.4 Å². The molecule has 0 N–H and O–H groups in total. The molecule has 0 aromatic heterocycles. The van der Waals surface area contributed by atoms with Crippen molar-refractivity contribution in [3.8, 4) is 0 Å². The lowest BCUT2D eigenvalue weighted by atomic mass is 9.86. The van der Waals surface area contributed by atoms with E-state index in [2.05, 4.69) is 59.1 Å². The van der Waals surface area contributed by atoms with Gasteiger partial charge in [0.05, 0.1) is 0 Å². The summed E-state index contributed by atoms with van der Waals surface area (Å²) in [7, 11) is 0. The number of rotatable bonds is 5. The summed E-state index contributed by atoms with van der Waals surface area (Å²) in [5, 5.41) is 0. The Kier molecular flexibility index (Phi) is 4.74. The first-order valence-corrected chi connectivity index (χ1v) is 6.47. The number of hydrogen-bond donors (Lipinski definition) is 0. The molecule has 0 radical (unpaired) electrons. The van der Waals surface area contributed by atoms with Crippen LogP contribution in [0, 0.1) is 5.92 Å². The zero-order valence-electron chi connectivity index (χ0n) is 11.6. The summed E-state index contributed by atoms with van der Waals surface area (Å²) < 4.78 is 0. The predicted molar refractivity (Wildman–Crippen MR) is 79.1 cm³/mol. The van der Waals surface area contributed by atoms with Gasteiger partial charge in [-0.2, -0.15) is 0 Å². The van der Waals surface area contributed by atoms with Crippen LogP contribution in [-0.2, 0) is 0 Å². The molecule has 0 amide bonds. The van der Waals surface area contributed by atoms with E-state index in [1.807, 2.05) is 6.08 Å². The largest absolute Gasteiger partial charge is 0.0984 e. The second kappa shape index (κ2) is 5.86. The number of allylic oxidation sites excluding steroid dienone is 1. The maximum atomic E-state index is 4.26. The molecule has 0 heteroatoms. The SMILES string of the molecule is C=Cc1c(C(=C)C(C)CC)cccc1C(C)C. The molecule has 1 aromatic carbocycles. The molecule has 0 saturated heterocycles. The van der Waals surface area contributed by atoms with Gasteiger partial charge in [0, 0.05) is 0 Å². The maximum absolute atomic E-state index is 4.26. The van der Waals surface area contributed by atoms with Crippen LogP contribution in [0.4, 0.5) is 0 Å². The molecule has 1 atom stereocenters. The average molecular weight is 228 g/mol. The van der Waals surface area contributed by atoms with Gasteiger partial charge >= 0.3 is 0 Å². The molecule has 0 aliphatic rings. The first-order chi connectivity index (χ1) is 8.02. The molecule has 0 fully saturated rings. The van der Waals surface area contributed by atoms with Crippen molar-refractivity contribution < 1.29 is 0 Å². The van der Waals surface area contributed by atoms with Crippen molar-refractivity contribution in [1.82, 2.24) is 0 Å². The Morgan fingerprint density at radius 2 is 1.94 bits per heavy atom. The molecule has 0 spiro atoms. The second-order valence-electron chi connectivity index (χ2n) is 5.00. The van der Waals surface area contributed by atoms with Gasteiger partial charge in [-0.05, 0) is 40.5 Å². The summed E-state index contributed by atoms with van der Waals surface area (Å²) in [4.78, 5) is 0. The Labute approximate surface area is 106 Å². The van der Waals surface area contributed by atoms with E-state index in [0.29, 0.717) is 11.8 Å². The van der Waals surface area contributed by atoms with Crippen LogP contribution in [0.1, 0.15) is 56.7 Å². The quantitative estimate of drug-likeness (QED) is 0.623. The molecule has 1 aromatic rings. The van der Waals surface area contributed by atoms with Gasteiger partial charge < -0.3 is 0 Å². The lowest BCUT2D eigenvalue weighted by Gasteiger charge is -2.19. The minimum absolute atomic E-state index is 0.521. The zero-order chi connectivity index (χ0) is 13.0. The molecule has 17 heavy (non-hydrogen) atoms. The van der Waals surface area contributed by atoms with Crippen molar-refractivity contribution in [2.24, 2.45) is 5.92 Å². The molecule has 0 aliphatic carbocycles. The fourth-order valence-corrected chi connectivity index (χ4v) is 2.11. The Morgan fingerprint density at radius 3 is 2.41 bits per heavy atom. The summed E-state index contributed by atoms with van der Waals surface area (Å²) in [6.07, 6.45) is 3.10. The molecule has 0 saturated carbocycles. The normalized spacial score (nSPS) is 12.5. The second-order valence-corrected chi connectivity index (χ2v) is 5.00. The molecule has 0 heterocycles. The minimum atomic E-state index is 0.521. The molecule has 0 nitrogen and oxygen atoms in total. The van der Waals surface area contributed by atoms with Gasteiger partial charge in [0.25, 0.3) is 0 Å². The highest BCUT2D eigenvalue weighted by atomic mass is 14.2. The molecule has 1 unspecified atom stereocenters. The van der Waals surface area contributed by atoms with Crippen LogP contribution in [0.3, 0.4) is 0 Å². The van der Waals surface area contributed by atoms with Crippen LogP contribution in [0.25, 0.3) is 11.6 Å². The molecular formula is C17H24. The summed E-state index contributed by atoms with van der Waals surface area (Å²) in [6.45, 7) is 17.1. The van der Waals surface area contributed by atoms with Crippen molar-refractivity contribution in [2.75, 3.05) is 0 Å². The van der Waals surface area contributed by atoms with E-state index in [1.54, 1.807) is 0 Å². The highest BCUT2D eigenvalue weighted by Crippen LogP contribution is 2.31. The van der Waals surface area contributed by atoms with E-state index < -0.39 is 0 Å². The maximum Gasteiger partial charge on any atom is -0.0152 e. The molecule has 1 rings (SSSR count). The Morgan fingerprint density at radius 1 is 1.29 bits per heavy atom. The van der Waals surface area contributed by atoms with E-state index >= 15 is 0 Å². The molecule has 0 aliphatic heterocycles. The van der Waals surface area contributed by atoms with Gasteiger partial charge in [-0.1, -0.05) is 65.1 Å². The monoisotopic (exact) mass is 228 g/mol. The van der Waals surface area contributed by atoms with Crippen LogP contribution in [0.5, 0.6) is 0 Å². The summed E-state index contributed by atoms with van der Waals surface area (Å²) in [5.74, 6) is 1.05. The standard InChI is InChI=1S/C17H24/c1-7-13(5)14(6)17-11-9-10-16(12(3)4)15(17)8-2/h8-13H,2,6-7H2,1,3-5H3. The lowest BCUT2D eigenvalue weighted by molar-refractivity contribution is 0.718. The number of benzene rings is 1. The van der Waals surface area contributed by atoms with E-state index in [-0.39, 0.29) is 0 Å². The Balaban J connectivity index is 3.29. The molecule has 0 bridgehead atoms. The van der Waals surface area contributed by atoms with Crippen molar-refractivity contribution >= 4 is 11.6 Å². The van der Waals surface area contributed by atoms with E-state index in [1.165, 1.54) is 22.3 Å². The van der Waals surface area contributed by atoms with Crippen LogP contribution in [-0.4, -0.2) is 0 Å². The first-order valence-electron chi connectivity index (χ1n) is 6.47. The van der Waals surface area contributed by atoms with E-state index in [0.717, 1.165) is 6.42 Å². The summed E-state index contributed by atoms with van der Waals surface area (Å²) in [6, 6.07) is 6.48. The van der Waals surface area contributed by atoms with Gasteiger partial charge in [0.2, 0.25) is 0 Å². The van der Waals surface area contributed by atoms with E-state index in [4.69, 9.17) is 0 Å². The predicted octanol–water partition coefficient (Wildman–Crippen LogP) is 5.51. The highest BCUT2D eigenvalue weighted by molar-refractivity contribution is 5.75. The topological polar surface area (TPSA) is 0 Å². The van der Waals surface area contributed by atoms with Gasteiger partial charge in [-0.15, -0.1) is 0 Å². The van der Waals surface area contributed by atoms with Crippen LogP contribution < -0.4 is 0 Å². The van der Waals surface area contributed by atoms with Crippen molar-refractivity contribution in [2.45, 2.75) is 40.0 Å². The lowest BCUT2D eigenvalue weighted by Crippen LogP contribution is -2.01. The molecular weight excluding hydrogens is 204 g/mol. The van der Waals surface area contributed by atoms with Crippen molar-refractivity contribution in [1.29, 1.82) is 0 Å². The van der Waals surface area contributed by atoms with Gasteiger partial charge in [0.15, 0.2) is 0 Å². The third-order valence-corrected chi connectivity index (χ3v) is 3.52. The van der Waals surface area contributed by atoms with E-state index in [9.17, 15) is 0 Å². The van der Waals surface area contributed by atoms with Gasteiger partial charge in [-0.3, -0.25) is 0 Å². The highest BCUT2D eigenvalue weighted by Gasteiger charge is 2.13. The smallest absolute Gasteiger partial charge is 0.0152 e. The third-order valence-electron chi connectivity index (χ3n) is 3.52. The summed E-state index contributed by atoms with van der Waals surface area (Å²) in [5.41, 5.74) is 5.11. The third kappa shape index (κ3) is 2.88. The van der Waals surface area contributed by atoms with Gasteiger partial charge in [-0.25, -0.2) is 0 Å². The van der Waals surface area contributed by atoms with Crippen molar-refractivity contribution in [3.63, 3.8) is 0 Å². The fraction of sp³-hybridized carbons (Fsp3) is 0.412. The first kappa shape index (κ1) is 13.8.